The van der Waals surface area contributed by atoms with Gasteiger partial charge >= 0.3 is 0 Å². The van der Waals surface area contributed by atoms with Crippen LogP contribution in [0.2, 0.25) is 0 Å². The van der Waals surface area contributed by atoms with E-state index in [0.29, 0.717) is 30.5 Å². The normalized spacial score (nSPS) is 10.8. The summed E-state index contributed by atoms with van der Waals surface area (Å²) in [4.78, 5) is 20.5. The molecule has 0 saturated heterocycles. The van der Waals surface area contributed by atoms with Crippen molar-refractivity contribution in [1.29, 1.82) is 0 Å². The zero-order chi connectivity index (χ0) is 20.6. The zero-order valence-corrected chi connectivity index (χ0v) is 19.6. The first kappa shape index (κ1) is 23.4. The molecular formula is C22H26IN5O2. The Bertz CT molecular complexity index is 999. The largest absolute Gasteiger partial charge is 0.444 e. The van der Waals surface area contributed by atoms with Crippen molar-refractivity contribution in [2.75, 3.05) is 14.1 Å². The van der Waals surface area contributed by atoms with Crippen LogP contribution >= 0.6 is 24.0 Å². The summed E-state index contributed by atoms with van der Waals surface area (Å²) < 4.78 is 5.58. The van der Waals surface area contributed by atoms with Gasteiger partial charge in [-0.05, 0) is 36.8 Å². The Labute approximate surface area is 193 Å². The lowest BCUT2D eigenvalue weighted by Gasteiger charge is -2.11. The molecule has 0 unspecified atom stereocenters. The number of aryl methyl sites for hydroxylation is 1. The van der Waals surface area contributed by atoms with Crippen LogP contribution in [0.4, 0.5) is 0 Å². The summed E-state index contributed by atoms with van der Waals surface area (Å²) in [5, 5.41) is 9.08. The second kappa shape index (κ2) is 11.3. The molecule has 0 bridgehead atoms. The van der Waals surface area contributed by atoms with Crippen molar-refractivity contribution in [2.24, 2.45) is 4.99 Å². The number of oxazole rings is 1. The van der Waals surface area contributed by atoms with E-state index < -0.39 is 0 Å². The fourth-order valence-corrected chi connectivity index (χ4v) is 2.76. The number of amides is 1. The SMILES string of the molecule is CN=C(NCc1cccc(C(=O)NC)c1)NCc1coc(-c2ccc(C)cc2)n1.I. The summed E-state index contributed by atoms with van der Waals surface area (Å²) >= 11 is 0. The van der Waals surface area contributed by atoms with Gasteiger partial charge in [0, 0.05) is 31.8 Å². The molecule has 0 aliphatic carbocycles. The second-order valence-corrected chi connectivity index (χ2v) is 6.57. The predicted molar refractivity (Wildman–Crippen MR) is 129 cm³/mol. The molecule has 1 amide bonds. The molecule has 30 heavy (non-hydrogen) atoms. The molecule has 3 aromatic rings. The quantitative estimate of drug-likeness (QED) is 0.264. The number of aliphatic imine (C=N–C) groups is 1. The van der Waals surface area contributed by atoms with E-state index in [4.69, 9.17) is 4.42 Å². The van der Waals surface area contributed by atoms with Gasteiger partial charge in [-0.25, -0.2) is 4.98 Å². The monoisotopic (exact) mass is 519 g/mol. The van der Waals surface area contributed by atoms with Crippen molar-refractivity contribution < 1.29 is 9.21 Å². The highest BCUT2D eigenvalue weighted by atomic mass is 127. The highest BCUT2D eigenvalue weighted by Gasteiger charge is 2.08. The maximum absolute atomic E-state index is 11.8. The van der Waals surface area contributed by atoms with Crippen LogP contribution in [0.15, 0.2) is 64.2 Å². The Morgan fingerprint density at radius 3 is 2.53 bits per heavy atom. The van der Waals surface area contributed by atoms with Crippen LogP contribution in [0.5, 0.6) is 0 Å². The lowest BCUT2D eigenvalue weighted by Crippen LogP contribution is -2.36. The second-order valence-electron chi connectivity index (χ2n) is 6.57. The van der Waals surface area contributed by atoms with Crippen LogP contribution in [0.1, 0.15) is 27.2 Å². The average Bonchev–Trinajstić information content (AvgIpc) is 3.23. The number of aromatic nitrogens is 1. The summed E-state index contributed by atoms with van der Waals surface area (Å²) in [7, 11) is 3.32. The number of halogens is 1. The predicted octanol–water partition coefficient (Wildman–Crippen LogP) is 3.49. The van der Waals surface area contributed by atoms with Gasteiger partial charge in [0.1, 0.15) is 6.26 Å². The molecule has 3 N–H and O–H groups in total. The summed E-state index contributed by atoms with van der Waals surface area (Å²) in [6.07, 6.45) is 1.64. The lowest BCUT2D eigenvalue weighted by atomic mass is 10.1. The van der Waals surface area contributed by atoms with E-state index in [1.807, 2.05) is 49.4 Å². The molecule has 0 atom stereocenters. The van der Waals surface area contributed by atoms with Crippen molar-refractivity contribution in [1.82, 2.24) is 20.9 Å². The molecule has 0 spiro atoms. The smallest absolute Gasteiger partial charge is 0.251 e. The zero-order valence-electron chi connectivity index (χ0n) is 17.2. The van der Waals surface area contributed by atoms with E-state index in [-0.39, 0.29) is 29.9 Å². The first-order valence-corrected chi connectivity index (χ1v) is 9.36. The maximum Gasteiger partial charge on any atom is 0.251 e. The maximum atomic E-state index is 11.8. The molecule has 0 saturated carbocycles. The Morgan fingerprint density at radius 1 is 1.10 bits per heavy atom. The standard InChI is InChI=1S/C22H25N5O2.HI/c1-15-7-9-17(10-8-15)21-27-19(14-29-21)13-26-22(24-3)25-12-16-5-4-6-18(11-16)20(28)23-2;/h4-11,14H,12-13H2,1-3H3,(H,23,28)(H2,24,25,26);1H. The van der Waals surface area contributed by atoms with Gasteiger partial charge in [0.25, 0.3) is 5.91 Å². The van der Waals surface area contributed by atoms with E-state index in [0.717, 1.165) is 16.8 Å². The minimum atomic E-state index is -0.107. The van der Waals surface area contributed by atoms with Crippen molar-refractivity contribution in [2.45, 2.75) is 20.0 Å². The van der Waals surface area contributed by atoms with Gasteiger partial charge in [-0.3, -0.25) is 9.79 Å². The number of carbonyl (C=O) groups excluding carboxylic acids is 1. The number of rotatable bonds is 6. The van der Waals surface area contributed by atoms with Crippen LogP contribution in [0.3, 0.4) is 0 Å². The Hall–Kier alpha value is -2.88. The third kappa shape index (κ3) is 6.31. The fraction of sp³-hybridized carbons (Fsp3) is 0.227. The molecule has 1 aromatic heterocycles. The molecule has 2 aromatic carbocycles. The van der Waals surface area contributed by atoms with E-state index >= 15 is 0 Å². The van der Waals surface area contributed by atoms with E-state index in [9.17, 15) is 4.79 Å². The van der Waals surface area contributed by atoms with Crippen LogP contribution in [0.25, 0.3) is 11.5 Å². The van der Waals surface area contributed by atoms with Gasteiger partial charge in [-0.1, -0.05) is 29.8 Å². The Morgan fingerprint density at radius 2 is 1.83 bits per heavy atom. The highest BCUT2D eigenvalue weighted by Crippen LogP contribution is 2.19. The molecule has 8 heteroatoms. The Kier molecular flexibility index (Phi) is 8.85. The number of nitrogens with one attached hydrogen (secondary N) is 3. The van der Waals surface area contributed by atoms with E-state index in [1.54, 1.807) is 26.4 Å². The van der Waals surface area contributed by atoms with Gasteiger partial charge < -0.3 is 20.4 Å². The topological polar surface area (TPSA) is 91.5 Å². The van der Waals surface area contributed by atoms with E-state index in [2.05, 4.69) is 25.9 Å². The number of nitrogens with zero attached hydrogens (tertiary/aromatic N) is 2. The minimum Gasteiger partial charge on any atom is -0.444 e. The summed E-state index contributed by atoms with van der Waals surface area (Å²) in [5.74, 6) is 1.12. The first-order valence-electron chi connectivity index (χ1n) is 9.36. The van der Waals surface area contributed by atoms with Crippen molar-refractivity contribution >= 4 is 35.8 Å². The van der Waals surface area contributed by atoms with Crippen molar-refractivity contribution in [3.63, 3.8) is 0 Å². The van der Waals surface area contributed by atoms with Crippen LogP contribution in [0, 0.1) is 6.92 Å². The third-order valence-corrected chi connectivity index (χ3v) is 4.39. The number of guanidine groups is 1. The third-order valence-electron chi connectivity index (χ3n) is 4.39. The van der Waals surface area contributed by atoms with Crippen LogP contribution < -0.4 is 16.0 Å². The van der Waals surface area contributed by atoms with Gasteiger partial charge in [0.15, 0.2) is 5.96 Å². The van der Waals surface area contributed by atoms with Crippen molar-refractivity contribution in [3.05, 3.63) is 77.2 Å². The molecule has 3 rings (SSSR count). The van der Waals surface area contributed by atoms with E-state index in [1.165, 1.54) is 5.56 Å². The average molecular weight is 519 g/mol. The van der Waals surface area contributed by atoms with Crippen LogP contribution in [-0.4, -0.2) is 30.9 Å². The summed E-state index contributed by atoms with van der Waals surface area (Å²) in [6.45, 7) is 3.06. The summed E-state index contributed by atoms with van der Waals surface area (Å²) in [6, 6.07) is 15.5. The van der Waals surface area contributed by atoms with Crippen molar-refractivity contribution in [3.8, 4) is 11.5 Å². The first-order chi connectivity index (χ1) is 14.1. The molecule has 0 aliphatic rings. The molecule has 1 heterocycles. The molecule has 158 valence electrons. The minimum absolute atomic E-state index is 0. The van der Waals surface area contributed by atoms with Gasteiger partial charge in [-0.2, -0.15) is 0 Å². The fourth-order valence-electron chi connectivity index (χ4n) is 2.76. The number of benzene rings is 2. The highest BCUT2D eigenvalue weighted by molar-refractivity contribution is 14.0. The molecule has 0 aliphatic heterocycles. The number of hydrogen-bond donors (Lipinski definition) is 3. The molecular weight excluding hydrogens is 493 g/mol. The number of hydrogen-bond acceptors (Lipinski definition) is 4. The molecule has 7 nitrogen and oxygen atoms in total. The van der Waals surface area contributed by atoms with Gasteiger partial charge in [-0.15, -0.1) is 24.0 Å². The van der Waals surface area contributed by atoms with Crippen LogP contribution in [-0.2, 0) is 13.1 Å². The molecule has 0 radical (unpaired) electrons. The van der Waals surface area contributed by atoms with Gasteiger partial charge in [0.05, 0.1) is 12.2 Å². The number of carbonyl (C=O) groups is 1. The Balaban J connectivity index is 0.00000320. The molecule has 0 fully saturated rings. The van der Waals surface area contributed by atoms with Gasteiger partial charge in [0.2, 0.25) is 5.89 Å². The lowest BCUT2D eigenvalue weighted by molar-refractivity contribution is 0.0963. The summed E-state index contributed by atoms with van der Waals surface area (Å²) in [5.41, 5.74) is 4.53.